The smallest absolute Gasteiger partial charge is 0.343 e. The first-order valence-corrected chi connectivity index (χ1v) is 6.12. The van der Waals surface area contributed by atoms with Crippen molar-refractivity contribution in [2.75, 3.05) is 0 Å². The number of esters is 1. The summed E-state index contributed by atoms with van der Waals surface area (Å²) in [4.78, 5) is 34.5. The fourth-order valence-corrected chi connectivity index (χ4v) is 1.76. The van der Waals surface area contributed by atoms with E-state index in [9.17, 15) is 14.4 Å². The lowest BCUT2D eigenvalue weighted by molar-refractivity contribution is 0.0661. The minimum Gasteiger partial charge on any atom is -0.478 e. The average Bonchev–Trinajstić information content (AvgIpc) is 2.54. The molecule has 0 aromatic heterocycles. The molecular formula is C15H11NO6. The predicted octanol–water partition coefficient (Wildman–Crippen LogP) is 1.72. The van der Waals surface area contributed by atoms with Crippen LogP contribution in [0.2, 0.25) is 0 Å². The molecule has 0 aliphatic heterocycles. The van der Waals surface area contributed by atoms with E-state index in [1.807, 2.05) is 0 Å². The molecule has 0 bridgehead atoms. The van der Waals surface area contributed by atoms with Crippen molar-refractivity contribution < 1.29 is 29.4 Å². The van der Waals surface area contributed by atoms with Crippen molar-refractivity contribution in [1.82, 2.24) is 5.48 Å². The van der Waals surface area contributed by atoms with E-state index in [2.05, 4.69) is 0 Å². The quantitative estimate of drug-likeness (QED) is 0.343. The lowest BCUT2D eigenvalue weighted by Gasteiger charge is -2.07. The van der Waals surface area contributed by atoms with Gasteiger partial charge < -0.3 is 9.84 Å². The number of nitrogens with one attached hydrogen (secondary N) is 1. The second-order valence-electron chi connectivity index (χ2n) is 4.21. The molecule has 0 saturated carbocycles. The van der Waals surface area contributed by atoms with Crippen LogP contribution in [0.4, 0.5) is 0 Å². The van der Waals surface area contributed by atoms with Gasteiger partial charge in [-0.2, -0.15) is 0 Å². The summed E-state index contributed by atoms with van der Waals surface area (Å²) in [6, 6.07) is 11.6. The zero-order valence-corrected chi connectivity index (χ0v) is 11.1. The fourth-order valence-electron chi connectivity index (χ4n) is 1.76. The number of hydrogen-bond acceptors (Lipinski definition) is 5. The summed E-state index contributed by atoms with van der Waals surface area (Å²) in [6.45, 7) is 0. The number of carbonyl (C=O) groups excluding carboxylic acids is 2. The maximum Gasteiger partial charge on any atom is 0.343 e. The van der Waals surface area contributed by atoms with Crippen LogP contribution in [0.3, 0.4) is 0 Å². The van der Waals surface area contributed by atoms with E-state index < -0.39 is 23.4 Å². The lowest BCUT2D eigenvalue weighted by atomic mass is 10.0. The SMILES string of the molecule is O=C(Oc1ccccc1)c1ccc(C(=O)NO)c(C(=O)O)c1. The molecule has 0 heterocycles. The second kappa shape index (κ2) is 6.51. The monoisotopic (exact) mass is 301 g/mol. The third kappa shape index (κ3) is 3.28. The normalized spacial score (nSPS) is 9.86. The van der Waals surface area contributed by atoms with Crippen LogP contribution < -0.4 is 10.2 Å². The van der Waals surface area contributed by atoms with Crippen LogP contribution in [0.15, 0.2) is 48.5 Å². The van der Waals surface area contributed by atoms with Crippen LogP contribution in [-0.4, -0.2) is 28.2 Å². The number of hydroxylamine groups is 1. The first kappa shape index (κ1) is 15.2. The molecule has 2 aromatic carbocycles. The first-order chi connectivity index (χ1) is 10.5. The minimum absolute atomic E-state index is 0.0317. The predicted molar refractivity (Wildman–Crippen MR) is 74.1 cm³/mol. The Bertz CT molecular complexity index is 726. The molecule has 0 unspecified atom stereocenters. The van der Waals surface area contributed by atoms with Crippen molar-refractivity contribution in [2.24, 2.45) is 0 Å². The zero-order chi connectivity index (χ0) is 16.1. The summed E-state index contributed by atoms with van der Waals surface area (Å²) in [6.07, 6.45) is 0. The molecule has 0 spiro atoms. The Kier molecular flexibility index (Phi) is 4.50. The van der Waals surface area contributed by atoms with E-state index >= 15 is 0 Å². The van der Waals surface area contributed by atoms with Crippen molar-refractivity contribution in [2.45, 2.75) is 0 Å². The summed E-state index contributed by atoms with van der Waals surface area (Å²) < 4.78 is 5.08. The molecule has 0 atom stereocenters. The molecule has 112 valence electrons. The number of carboxylic acid groups (broad SMARTS) is 1. The summed E-state index contributed by atoms with van der Waals surface area (Å²) in [7, 11) is 0. The summed E-state index contributed by atoms with van der Waals surface area (Å²) in [5.74, 6) is -2.85. The van der Waals surface area contributed by atoms with Crippen LogP contribution in [-0.2, 0) is 0 Å². The Balaban J connectivity index is 2.32. The van der Waals surface area contributed by atoms with Gasteiger partial charge in [0.2, 0.25) is 0 Å². The number of amides is 1. The van der Waals surface area contributed by atoms with Crippen LogP contribution >= 0.6 is 0 Å². The highest BCUT2D eigenvalue weighted by atomic mass is 16.5. The Morgan fingerprint density at radius 2 is 1.64 bits per heavy atom. The molecule has 0 aliphatic carbocycles. The molecule has 2 aromatic rings. The lowest BCUT2D eigenvalue weighted by Crippen LogP contribution is -2.22. The minimum atomic E-state index is -1.41. The Morgan fingerprint density at radius 1 is 0.955 bits per heavy atom. The molecule has 7 nitrogen and oxygen atoms in total. The van der Waals surface area contributed by atoms with E-state index in [1.165, 1.54) is 11.5 Å². The number of ether oxygens (including phenoxy) is 1. The van der Waals surface area contributed by atoms with Gasteiger partial charge in [-0.3, -0.25) is 10.0 Å². The number of carboxylic acids is 1. The highest BCUT2D eigenvalue weighted by Crippen LogP contribution is 2.16. The van der Waals surface area contributed by atoms with E-state index in [-0.39, 0.29) is 11.1 Å². The maximum absolute atomic E-state index is 12.0. The highest BCUT2D eigenvalue weighted by molar-refractivity contribution is 6.06. The van der Waals surface area contributed by atoms with Gasteiger partial charge in [-0.05, 0) is 30.3 Å². The Labute approximate surface area is 124 Å². The van der Waals surface area contributed by atoms with Crippen molar-refractivity contribution in [3.63, 3.8) is 0 Å². The molecule has 1 amide bonds. The molecule has 7 heteroatoms. The Morgan fingerprint density at radius 3 is 2.23 bits per heavy atom. The van der Waals surface area contributed by atoms with Crippen molar-refractivity contribution in [1.29, 1.82) is 0 Å². The van der Waals surface area contributed by atoms with Crippen LogP contribution in [0.5, 0.6) is 5.75 Å². The topological polar surface area (TPSA) is 113 Å². The summed E-state index contributed by atoms with van der Waals surface area (Å²) in [5, 5.41) is 17.7. The highest BCUT2D eigenvalue weighted by Gasteiger charge is 2.19. The van der Waals surface area contributed by atoms with Crippen molar-refractivity contribution in [3.8, 4) is 5.75 Å². The molecule has 2 rings (SSSR count). The number of hydrogen-bond donors (Lipinski definition) is 3. The number of benzene rings is 2. The summed E-state index contributed by atoms with van der Waals surface area (Å²) in [5.41, 5.74) is 0.621. The average molecular weight is 301 g/mol. The van der Waals surface area contributed by atoms with E-state index in [0.29, 0.717) is 5.75 Å². The molecular weight excluding hydrogens is 290 g/mol. The van der Waals surface area contributed by atoms with Gasteiger partial charge >= 0.3 is 11.9 Å². The zero-order valence-electron chi connectivity index (χ0n) is 11.1. The fraction of sp³-hybridized carbons (Fsp3) is 0. The molecule has 0 fully saturated rings. The largest absolute Gasteiger partial charge is 0.478 e. The van der Waals surface area contributed by atoms with Crippen LogP contribution in [0.1, 0.15) is 31.1 Å². The van der Waals surface area contributed by atoms with E-state index in [0.717, 1.165) is 12.1 Å². The number of aromatic carboxylic acids is 1. The molecule has 22 heavy (non-hydrogen) atoms. The van der Waals surface area contributed by atoms with Gasteiger partial charge in [0.25, 0.3) is 5.91 Å². The maximum atomic E-state index is 12.0. The van der Waals surface area contributed by atoms with Gasteiger partial charge in [-0.15, -0.1) is 0 Å². The van der Waals surface area contributed by atoms with Gasteiger partial charge in [0.1, 0.15) is 5.75 Å². The van der Waals surface area contributed by atoms with Crippen LogP contribution in [0, 0.1) is 0 Å². The number of rotatable bonds is 4. The first-order valence-electron chi connectivity index (χ1n) is 6.12. The Hall–Kier alpha value is -3.19. The van der Waals surface area contributed by atoms with Crippen LogP contribution in [0.25, 0.3) is 0 Å². The van der Waals surface area contributed by atoms with Gasteiger partial charge in [-0.25, -0.2) is 15.1 Å². The van der Waals surface area contributed by atoms with Gasteiger partial charge in [-0.1, -0.05) is 18.2 Å². The molecule has 0 radical (unpaired) electrons. The second-order valence-corrected chi connectivity index (χ2v) is 4.21. The van der Waals surface area contributed by atoms with Gasteiger partial charge in [0, 0.05) is 0 Å². The summed E-state index contributed by atoms with van der Waals surface area (Å²) >= 11 is 0. The van der Waals surface area contributed by atoms with E-state index in [1.54, 1.807) is 30.3 Å². The molecule has 3 N–H and O–H groups in total. The standard InChI is InChI=1S/C15H11NO6/c17-13(16-21)11-7-6-9(8-12(11)14(18)19)15(20)22-10-4-2-1-3-5-10/h1-8,21H,(H,16,17)(H,18,19). The van der Waals surface area contributed by atoms with Gasteiger partial charge in [0.15, 0.2) is 0 Å². The van der Waals surface area contributed by atoms with Crippen molar-refractivity contribution >= 4 is 17.8 Å². The molecule has 0 saturated heterocycles. The number of carbonyl (C=O) groups is 3. The third-order valence-corrected chi connectivity index (χ3v) is 2.79. The number of para-hydroxylation sites is 1. The molecule has 0 aliphatic rings. The van der Waals surface area contributed by atoms with E-state index in [4.69, 9.17) is 15.1 Å². The van der Waals surface area contributed by atoms with Gasteiger partial charge in [0.05, 0.1) is 16.7 Å². The van der Waals surface area contributed by atoms with Crippen molar-refractivity contribution in [3.05, 3.63) is 65.2 Å². The third-order valence-electron chi connectivity index (χ3n) is 2.79.